The first-order chi connectivity index (χ1) is 9.63. The minimum absolute atomic E-state index is 0.0320. The Balaban J connectivity index is 2.89. The lowest BCUT2D eigenvalue weighted by molar-refractivity contribution is 0.0723. The second kappa shape index (κ2) is 8.39. The van der Waals surface area contributed by atoms with Gasteiger partial charge in [0, 0.05) is 30.6 Å². The number of aliphatic hydroxyl groups excluding tert-OH is 1. The summed E-state index contributed by atoms with van der Waals surface area (Å²) in [6.45, 7) is 4.24. The average molecular weight is 273 g/mol. The molecule has 108 valence electrons. The number of amides is 1. The van der Waals surface area contributed by atoms with Gasteiger partial charge >= 0.3 is 0 Å². The fourth-order valence-electron chi connectivity index (χ4n) is 2.16. The molecule has 0 radical (unpaired) electrons. The Bertz CT molecular complexity index is 495. The highest BCUT2D eigenvalue weighted by Gasteiger charge is 2.18. The van der Waals surface area contributed by atoms with Crippen LogP contribution in [-0.4, -0.2) is 35.6 Å². The first-order valence-electron chi connectivity index (χ1n) is 7.11. The van der Waals surface area contributed by atoms with Crippen LogP contribution < -0.4 is 0 Å². The third kappa shape index (κ3) is 4.40. The van der Waals surface area contributed by atoms with Crippen LogP contribution in [0, 0.1) is 11.8 Å². The Kier molecular flexibility index (Phi) is 6.83. The second-order valence-corrected chi connectivity index (χ2v) is 4.74. The van der Waals surface area contributed by atoms with E-state index < -0.39 is 0 Å². The molecule has 3 heteroatoms. The van der Waals surface area contributed by atoms with Crippen LogP contribution in [-0.2, 0) is 0 Å². The largest absolute Gasteiger partial charge is 0.395 e. The van der Waals surface area contributed by atoms with E-state index in [1.807, 2.05) is 31.3 Å². The molecule has 0 aromatic heterocycles. The minimum Gasteiger partial charge on any atom is -0.395 e. The van der Waals surface area contributed by atoms with Gasteiger partial charge in [-0.05, 0) is 31.0 Å². The third-order valence-electron chi connectivity index (χ3n) is 3.39. The lowest BCUT2D eigenvalue weighted by atomic mass is 10.1. The van der Waals surface area contributed by atoms with E-state index in [2.05, 4.69) is 25.7 Å². The lowest BCUT2D eigenvalue weighted by Crippen LogP contribution is -2.36. The number of benzene rings is 1. The van der Waals surface area contributed by atoms with Gasteiger partial charge in [0.15, 0.2) is 0 Å². The van der Waals surface area contributed by atoms with E-state index in [1.54, 1.807) is 4.90 Å². The first kappa shape index (κ1) is 16.3. The predicted octanol–water partition coefficient (Wildman–Crippen LogP) is 2.68. The Labute approximate surface area is 121 Å². The molecule has 20 heavy (non-hydrogen) atoms. The molecule has 0 aliphatic heterocycles. The summed E-state index contributed by atoms with van der Waals surface area (Å²) in [6.07, 6.45) is 2.36. The molecule has 1 aromatic carbocycles. The molecule has 0 atom stereocenters. The van der Waals surface area contributed by atoms with Crippen molar-refractivity contribution in [2.75, 3.05) is 13.7 Å². The van der Waals surface area contributed by atoms with E-state index in [1.165, 1.54) is 0 Å². The second-order valence-electron chi connectivity index (χ2n) is 4.74. The number of rotatable bonds is 5. The normalized spacial score (nSPS) is 10.1. The number of hydrogen-bond donors (Lipinski definition) is 1. The highest BCUT2D eigenvalue weighted by molar-refractivity contribution is 5.94. The predicted molar refractivity (Wildman–Crippen MR) is 81.5 cm³/mol. The van der Waals surface area contributed by atoms with Crippen LogP contribution in [0.4, 0.5) is 0 Å². The summed E-state index contributed by atoms with van der Waals surface area (Å²) in [7, 11) is 1.85. The highest BCUT2D eigenvalue weighted by atomic mass is 16.2. The number of aliphatic hydroxyl groups is 1. The average Bonchev–Trinajstić information content (AvgIpc) is 2.48. The Morgan fingerprint density at radius 3 is 2.65 bits per heavy atom. The van der Waals surface area contributed by atoms with E-state index in [0.717, 1.165) is 18.4 Å². The molecule has 1 N–H and O–H groups in total. The van der Waals surface area contributed by atoms with Crippen LogP contribution >= 0.6 is 0 Å². The van der Waals surface area contributed by atoms with Crippen molar-refractivity contribution >= 4 is 5.91 Å². The summed E-state index contributed by atoms with van der Waals surface area (Å²) in [4.78, 5) is 14.2. The molecule has 0 aliphatic rings. The van der Waals surface area contributed by atoms with Gasteiger partial charge in [0.25, 0.3) is 5.91 Å². The van der Waals surface area contributed by atoms with Gasteiger partial charge in [-0.1, -0.05) is 31.8 Å². The molecule has 0 heterocycles. The molecule has 0 unspecified atom stereocenters. The van der Waals surface area contributed by atoms with Crippen LogP contribution in [0.15, 0.2) is 24.3 Å². The fourth-order valence-corrected chi connectivity index (χ4v) is 2.16. The molecular formula is C17H23NO2. The highest BCUT2D eigenvalue weighted by Crippen LogP contribution is 2.12. The molecule has 0 aliphatic carbocycles. The summed E-state index contributed by atoms with van der Waals surface area (Å²) < 4.78 is 0. The topological polar surface area (TPSA) is 40.5 Å². The van der Waals surface area contributed by atoms with Crippen molar-refractivity contribution in [1.29, 1.82) is 0 Å². The van der Waals surface area contributed by atoms with Crippen LogP contribution in [0.25, 0.3) is 0 Å². The fraction of sp³-hybridized carbons (Fsp3) is 0.471. The number of carbonyl (C=O) groups excluding carboxylic acids is 1. The van der Waals surface area contributed by atoms with Gasteiger partial charge in [0.1, 0.15) is 0 Å². The van der Waals surface area contributed by atoms with Crippen molar-refractivity contribution in [3.05, 3.63) is 35.4 Å². The maximum absolute atomic E-state index is 12.4. The van der Waals surface area contributed by atoms with Gasteiger partial charge in [-0.15, -0.1) is 0 Å². The summed E-state index contributed by atoms with van der Waals surface area (Å²) in [6, 6.07) is 7.62. The van der Waals surface area contributed by atoms with Gasteiger partial charge in [0.2, 0.25) is 0 Å². The lowest BCUT2D eigenvalue weighted by Gasteiger charge is -2.26. The van der Waals surface area contributed by atoms with E-state index in [0.29, 0.717) is 12.0 Å². The van der Waals surface area contributed by atoms with Crippen molar-refractivity contribution in [3.8, 4) is 11.8 Å². The molecule has 0 bridgehead atoms. The Hall–Kier alpha value is -1.79. The number of carbonyl (C=O) groups is 1. The maximum atomic E-state index is 12.4. The van der Waals surface area contributed by atoms with Crippen molar-refractivity contribution in [2.24, 2.45) is 0 Å². The molecular weight excluding hydrogens is 250 g/mol. The van der Waals surface area contributed by atoms with Crippen molar-refractivity contribution in [1.82, 2.24) is 4.90 Å². The van der Waals surface area contributed by atoms with E-state index in [4.69, 9.17) is 5.11 Å². The van der Waals surface area contributed by atoms with Crippen LogP contribution in [0.3, 0.4) is 0 Å². The number of hydrogen-bond acceptors (Lipinski definition) is 2. The molecule has 1 rings (SSSR count). The van der Waals surface area contributed by atoms with Crippen molar-refractivity contribution in [2.45, 2.75) is 39.2 Å². The van der Waals surface area contributed by atoms with Gasteiger partial charge in [-0.2, -0.15) is 0 Å². The van der Waals surface area contributed by atoms with E-state index in [-0.39, 0.29) is 18.6 Å². The zero-order valence-electron chi connectivity index (χ0n) is 12.5. The maximum Gasteiger partial charge on any atom is 0.253 e. The van der Waals surface area contributed by atoms with Gasteiger partial charge < -0.3 is 10.0 Å². The number of nitrogens with zero attached hydrogens (tertiary/aromatic N) is 1. The smallest absolute Gasteiger partial charge is 0.253 e. The SMILES string of the molecule is CCC(CC)N(C)C(=O)c1cccc(C#CCCO)c1. The summed E-state index contributed by atoms with van der Waals surface area (Å²) in [5, 5.41) is 8.71. The zero-order valence-corrected chi connectivity index (χ0v) is 12.5. The summed E-state index contributed by atoms with van der Waals surface area (Å²) >= 11 is 0. The molecule has 0 saturated heterocycles. The molecule has 1 aromatic rings. The van der Waals surface area contributed by atoms with Gasteiger partial charge in [-0.25, -0.2) is 0 Å². The molecule has 0 spiro atoms. The summed E-state index contributed by atoms with van der Waals surface area (Å²) in [5.41, 5.74) is 1.47. The van der Waals surface area contributed by atoms with Crippen LogP contribution in [0.5, 0.6) is 0 Å². The van der Waals surface area contributed by atoms with Gasteiger partial charge in [-0.3, -0.25) is 4.79 Å². The van der Waals surface area contributed by atoms with Crippen LogP contribution in [0.1, 0.15) is 49.0 Å². The van der Waals surface area contributed by atoms with Crippen molar-refractivity contribution < 1.29 is 9.90 Å². The minimum atomic E-state index is 0.0320. The van der Waals surface area contributed by atoms with Crippen LogP contribution in [0.2, 0.25) is 0 Å². The molecule has 0 fully saturated rings. The zero-order chi connectivity index (χ0) is 15.0. The quantitative estimate of drug-likeness (QED) is 0.838. The standard InChI is InChI=1S/C17H23NO2/c1-4-16(5-2)18(3)17(20)15-11-8-10-14(13-15)9-6-7-12-19/h8,10-11,13,16,19H,4-5,7,12H2,1-3H3. The summed E-state index contributed by atoms with van der Waals surface area (Å²) in [5.74, 6) is 5.86. The monoisotopic (exact) mass is 273 g/mol. The molecule has 0 saturated carbocycles. The van der Waals surface area contributed by atoms with Gasteiger partial charge in [0.05, 0.1) is 6.61 Å². The molecule has 3 nitrogen and oxygen atoms in total. The molecule has 1 amide bonds. The van der Waals surface area contributed by atoms with E-state index >= 15 is 0 Å². The Morgan fingerprint density at radius 1 is 1.35 bits per heavy atom. The first-order valence-corrected chi connectivity index (χ1v) is 7.11. The van der Waals surface area contributed by atoms with Crippen molar-refractivity contribution in [3.63, 3.8) is 0 Å². The third-order valence-corrected chi connectivity index (χ3v) is 3.39. The van der Waals surface area contributed by atoms with E-state index in [9.17, 15) is 4.79 Å². The Morgan fingerprint density at radius 2 is 2.05 bits per heavy atom.